The predicted molar refractivity (Wildman–Crippen MR) is 41.9 cm³/mol. The average molecular weight is 169 g/mol. The summed E-state index contributed by atoms with van der Waals surface area (Å²) in [5, 5.41) is 6.53. The Kier molecular flexibility index (Phi) is 2.76. The van der Waals surface area contributed by atoms with E-state index in [-0.39, 0.29) is 12.5 Å². The van der Waals surface area contributed by atoms with Gasteiger partial charge in [-0.05, 0) is 0 Å². The largest absolute Gasteiger partial charge is 0.348 e. The third kappa shape index (κ3) is 2.31. The second-order valence-corrected chi connectivity index (χ2v) is 2.32. The zero-order valence-electron chi connectivity index (χ0n) is 6.82. The summed E-state index contributed by atoms with van der Waals surface area (Å²) in [4.78, 5) is 14.6. The van der Waals surface area contributed by atoms with Crippen molar-refractivity contribution >= 4 is 5.91 Å². The fourth-order valence-corrected chi connectivity index (χ4v) is 0.715. The van der Waals surface area contributed by atoms with Gasteiger partial charge in [-0.3, -0.25) is 9.48 Å². The van der Waals surface area contributed by atoms with Gasteiger partial charge in [-0.25, -0.2) is 4.98 Å². The normalized spacial score (nSPS) is 9.83. The second kappa shape index (κ2) is 3.82. The maximum atomic E-state index is 10.7. The molecule has 6 heteroatoms. The number of aryl methyl sites for hydroxylation is 1. The Hall–Kier alpha value is -1.43. The van der Waals surface area contributed by atoms with Crippen molar-refractivity contribution in [2.45, 2.75) is 6.54 Å². The van der Waals surface area contributed by atoms with E-state index in [1.54, 1.807) is 18.1 Å². The summed E-state index contributed by atoms with van der Waals surface area (Å²) in [7, 11) is 1.77. The van der Waals surface area contributed by atoms with Crippen molar-refractivity contribution in [3.63, 3.8) is 0 Å². The van der Waals surface area contributed by atoms with Crippen LogP contribution in [0.1, 0.15) is 5.82 Å². The lowest BCUT2D eigenvalue weighted by Crippen LogP contribution is -2.30. The molecule has 0 aliphatic rings. The fraction of sp³-hybridized carbons (Fsp3) is 0.500. The van der Waals surface area contributed by atoms with Crippen LogP contribution in [0.15, 0.2) is 6.33 Å². The van der Waals surface area contributed by atoms with Crippen LogP contribution in [0.4, 0.5) is 0 Å². The van der Waals surface area contributed by atoms with Crippen LogP contribution in [0.2, 0.25) is 0 Å². The third-order valence-electron chi connectivity index (χ3n) is 1.28. The standard InChI is InChI=1S/C6H11N5O/c1-11-4-9-5(10-11)3-8-6(12)2-7/h4H,2-3,7H2,1H3,(H,8,12). The Labute approximate surface area is 69.8 Å². The SMILES string of the molecule is Cn1cnc(CNC(=O)CN)n1. The lowest BCUT2D eigenvalue weighted by molar-refractivity contribution is -0.119. The number of aromatic nitrogens is 3. The molecule has 1 aromatic rings. The molecule has 66 valence electrons. The third-order valence-corrected chi connectivity index (χ3v) is 1.28. The summed E-state index contributed by atoms with van der Waals surface area (Å²) in [5.41, 5.74) is 5.08. The van der Waals surface area contributed by atoms with Crippen molar-refractivity contribution in [3.8, 4) is 0 Å². The van der Waals surface area contributed by atoms with E-state index in [1.165, 1.54) is 0 Å². The highest BCUT2D eigenvalue weighted by atomic mass is 16.1. The first-order valence-corrected chi connectivity index (χ1v) is 3.53. The minimum atomic E-state index is -0.206. The van der Waals surface area contributed by atoms with Crippen LogP contribution in [0.25, 0.3) is 0 Å². The number of nitrogens with zero attached hydrogens (tertiary/aromatic N) is 3. The Bertz CT molecular complexity index is 269. The molecule has 0 unspecified atom stereocenters. The molecule has 0 spiro atoms. The Balaban J connectivity index is 2.38. The first-order valence-electron chi connectivity index (χ1n) is 3.53. The molecule has 0 saturated carbocycles. The molecule has 6 nitrogen and oxygen atoms in total. The van der Waals surface area contributed by atoms with Gasteiger partial charge in [-0.1, -0.05) is 0 Å². The highest BCUT2D eigenvalue weighted by Crippen LogP contribution is 1.85. The summed E-state index contributed by atoms with van der Waals surface area (Å²) in [5.74, 6) is 0.377. The van der Waals surface area contributed by atoms with Crippen molar-refractivity contribution in [3.05, 3.63) is 12.2 Å². The lowest BCUT2D eigenvalue weighted by atomic mass is 10.5. The summed E-state index contributed by atoms with van der Waals surface area (Å²) in [6, 6.07) is 0. The number of hydrogen-bond acceptors (Lipinski definition) is 4. The number of carbonyl (C=O) groups is 1. The van der Waals surface area contributed by atoms with Crippen LogP contribution in [0, 0.1) is 0 Å². The van der Waals surface area contributed by atoms with E-state index < -0.39 is 0 Å². The molecule has 0 radical (unpaired) electrons. The Morgan fingerprint density at radius 1 is 1.83 bits per heavy atom. The van der Waals surface area contributed by atoms with Crippen molar-refractivity contribution in [2.75, 3.05) is 6.54 Å². The molecular weight excluding hydrogens is 158 g/mol. The minimum Gasteiger partial charge on any atom is -0.348 e. The van der Waals surface area contributed by atoms with Gasteiger partial charge in [-0.15, -0.1) is 0 Å². The van der Waals surface area contributed by atoms with E-state index in [0.29, 0.717) is 12.4 Å². The molecule has 1 heterocycles. The van der Waals surface area contributed by atoms with Gasteiger partial charge in [-0.2, -0.15) is 5.10 Å². The zero-order chi connectivity index (χ0) is 8.97. The van der Waals surface area contributed by atoms with E-state index in [4.69, 9.17) is 5.73 Å². The van der Waals surface area contributed by atoms with Crippen LogP contribution in [-0.4, -0.2) is 27.2 Å². The van der Waals surface area contributed by atoms with Gasteiger partial charge in [0.2, 0.25) is 5.91 Å². The maximum Gasteiger partial charge on any atom is 0.234 e. The van der Waals surface area contributed by atoms with E-state index >= 15 is 0 Å². The number of nitrogens with one attached hydrogen (secondary N) is 1. The minimum absolute atomic E-state index is 0.00711. The smallest absolute Gasteiger partial charge is 0.234 e. The van der Waals surface area contributed by atoms with Crippen molar-refractivity contribution in [1.29, 1.82) is 0 Å². The van der Waals surface area contributed by atoms with Gasteiger partial charge in [0.1, 0.15) is 6.33 Å². The van der Waals surface area contributed by atoms with Gasteiger partial charge >= 0.3 is 0 Å². The van der Waals surface area contributed by atoms with Crippen molar-refractivity contribution < 1.29 is 4.79 Å². The van der Waals surface area contributed by atoms with Gasteiger partial charge in [0.25, 0.3) is 0 Å². The molecule has 3 N–H and O–H groups in total. The first kappa shape index (κ1) is 8.66. The summed E-state index contributed by atoms with van der Waals surface area (Å²) in [6.45, 7) is 0.323. The van der Waals surface area contributed by atoms with E-state index in [1.807, 2.05) is 0 Å². The molecule has 1 aromatic heterocycles. The summed E-state index contributed by atoms with van der Waals surface area (Å²) < 4.78 is 1.57. The highest BCUT2D eigenvalue weighted by molar-refractivity contribution is 5.77. The summed E-state index contributed by atoms with van der Waals surface area (Å²) >= 11 is 0. The molecular formula is C6H11N5O. The van der Waals surface area contributed by atoms with Crippen LogP contribution in [0.5, 0.6) is 0 Å². The molecule has 1 amide bonds. The molecule has 1 rings (SSSR count). The van der Waals surface area contributed by atoms with Crippen LogP contribution in [0.3, 0.4) is 0 Å². The number of amides is 1. The average Bonchev–Trinajstić information content (AvgIpc) is 2.47. The first-order chi connectivity index (χ1) is 5.72. The molecule has 0 fully saturated rings. The zero-order valence-corrected chi connectivity index (χ0v) is 6.82. The molecule has 0 aliphatic heterocycles. The van der Waals surface area contributed by atoms with Crippen LogP contribution < -0.4 is 11.1 Å². The molecule has 0 atom stereocenters. The van der Waals surface area contributed by atoms with Gasteiger partial charge in [0.15, 0.2) is 5.82 Å². The molecule has 0 aliphatic carbocycles. The fourth-order valence-electron chi connectivity index (χ4n) is 0.715. The van der Waals surface area contributed by atoms with Gasteiger partial charge in [0, 0.05) is 7.05 Å². The topological polar surface area (TPSA) is 85.8 Å². The van der Waals surface area contributed by atoms with E-state index in [9.17, 15) is 4.79 Å². The van der Waals surface area contributed by atoms with E-state index in [2.05, 4.69) is 15.4 Å². The lowest BCUT2D eigenvalue weighted by Gasteiger charge is -1.97. The van der Waals surface area contributed by atoms with Crippen molar-refractivity contribution in [1.82, 2.24) is 20.1 Å². The summed E-state index contributed by atoms with van der Waals surface area (Å²) in [6.07, 6.45) is 1.57. The quantitative estimate of drug-likeness (QED) is 0.570. The number of hydrogen-bond donors (Lipinski definition) is 2. The molecule has 0 aromatic carbocycles. The number of nitrogens with two attached hydrogens (primary N) is 1. The van der Waals surface area contributed by atoms with Crippen molar-refractivity contribution in [2.24, 2.45) is 12.8 Å². The maximum absolute atomic E-state index is 10.7. The Morgan fingerprint density at radius 3 is 3.08 bits per heavy atom. The predicted octanol–water partition coefficient (Wildman–Crippen LogP) is -1.61. The molecule has 12 heavy (non-hydrogen) atoms. The van der Waals surface area contributed by atoms with Gasteiger partial charge in [0.05, 0.1) is 13.1 Å². The monoisotopic (exact) mass is 169 g/mol. The Morgan fingerprint density at radius 2 is 2.58 bits per heavy atom. The van der Waals surface area contributed by atoms with Gasteiger partial charge < -0.3 is 11.1 Å². The number of carbonyl (C=O) groups excluding carboxylic acids is 1. The van der Waals surface area contributed by atoms with Crippen LogP contribution in [-0.2, 0) is 18.4 Å². The molecule has 0 bridgehead atoms. The molecule has 0 saturated heterocycles. The van der Waals surface area contributed by atoms with E-state index in [0.717, 1.165) is 0 Å². The highest BCUT2D eigenvalue weighted by Gasteiger charge is 2.00. The second-order valence-electron chi connectivity index (χ2n) is 2.32. The van der Waals surface area contributed by atoms with Crippen LogP contribution >= 0.6 is 0 Å². The number of rotatable bonds is 3.